The average Bonchev–Trinajstić information content (AvgIpc) is 2.68. The Kier molecular flexibility index (Phi) is 5.92. The first-order chi connectivity index (χ1) is 14.0. The number of carbonyl (C=O) groups excluding carboxylic acids is 3. The Morgan fingerprint density at radius 2 is 1.76 bits per heavy atom. The molecule has 1 aliphatic heterocycles. The molecule has 1 N–H and O–H groups in total. The zero-order chi connectivity index (χ0) is 21.0. The van der Waals surface area contributed by atoms with E-state index in [-0.39, 0.29) is 22.6 Å². The smallest absolute Gasteiger partial charge is 0.336 e. The zero-order valence-corrected chi connectivity index (χ0v) is 15.9. The van der Waals surface area contributed by atoms with Crippen molar-refractivity contribution in [1.82, 2.24) is 5.32 Å². The molecule has 2 aromatic rings. The van der Waals surface area contributed by atoms with Crippen LogP contribution in [0.3, 0.4) is 0 Å². The predicted molar refractivity (Wildman–Crippen MR) is 104 cm³/mol. The topological polar surface area (TPSA) is 84.9 Å². The van der Waals surface area contributed by atoms with Crippen LogP contribution in [0.1, 0.15) is 19.4 Å². The van der Waals surface area contributed by atoms with Crippen molar-refractivity contribution in [1.29, 1.82) is 0 Å². The Balaban J connectivity index is 2.08. The lowest BCUT2D eigenvalue weighted by Gasteiger charge is -2.28. The van der Waals surface area contributed by atoms with Gasteiger partial charge in [0.15, 0.2) is 0 Å². The molecule has 1 saturated heterocycles. The fourth-order valence-electron chi connectivity index (χ4n) is 2.83. The monoisotopic (exact) mass is 398 g/mol. The van der Waals surface area contributed by atoms with Gasteiger partial charge in [-0.3, -0.25) is 14.9 Å². The molecule has 7 nitrogen and oxygen atoms in total. The Bertz CT molecular complexity index is 1000. The van der Waals surface area contributed by atoms with Gasteiger partial charge in [-0.2, -0.15) is 0 Å². The number of carbonyl (C=O) groups is 3. The van der Waals surface area contributed by atoms with E-state index in [1.165, 1.54) is 24.3 Å². The minimum Gasteiger partial charge on any atom is -0.494 e. The molecule has 29 heavy (non-hydrogen) atoms. The normalized spacial score (nSPS) is 15.5. The zero-order valence-electron chi connectivity index (χ0n) is 15.9. The second-order valence-corrected chi connectivity index (χ2v) is 5.97. The third-order valence-corrected chi connectivity index (χ3v) is 4.09. The van der Waals surface area contributed by atoms with Crippen LogP contribution >= 0.6 is 0 Å². The molecule has 2 aromatic carbocycles. The van der Waals surface area contributed by atoms with Gasteiger partial charge in [-0.1, -0.05) is 18.2 Å². The van der Waals surface area contributed by atoms with Gasteiger partial charge < -0.3 is 9.47 Å². The number of ether oxygens (including phenoxy) is 2. The number of anilines is 1. The number of urea groups is 1. The van der Waals surface area contributed by atoms with Crippen LogP contribution < -0.4 is 19.7 Å². The van der Waals surface area contributed by atoms with Crippen LogP contribution in [0, 0.1) is 5.82 Å². The number of nitrogens with one attached hydrogen (secondary N) is 1. The molecule has 0 atom stereocenters. The Morgan fingerprint density at radius 3 is 2.45 bits per heavy atom. The van der Waals surface area contributed by atoms with Gasteiger partial charge in [0, 0.05) is 11.6 Å². The summed E-state index contributed by atoms with van der Waals surface area (Å²) in [6.07, 6.45) is 1.11. The summed E-state index contributed by atoms with van der Waals surface area (Å²) in [7, 11) is 0. The van der Waals surface area contributed by atoms with Crippen molar-refractivity contribution < 1.29 is 28.2 Å². The fraction of sp³-hybridized carbons (Fsp3) is 0.190. The number of nitrogens with zero attached hydrogens (tertiary/aromatic N) is 1. The first-order valence-corrected chi connectivity index (χ1v) is 9.01. The highest BCUT2D eigenvalue weighted by Gasteiger charge is 2.38. The Hall–Kier alpha value is -3.68. The summed E-state index contributed by atoms with van der Waals surface area (Å²) in [4.78, 5) is 38.6. The standard InChI is InChI=1S/C21H19FN2O5/c1-3-28-14-9-10-18(29-4-2)17(12-14)24-20(26)15(19(25)23-21(24)27)11-13-7-5-6-8-16(13)22/h5-12H,3-4H2,1-2H3,(H,23,25,27)/b15-11+. The second kappa shape index (κ2) is 8.55. The number of benzene rings is 2. The Morgan fingerprint density at radius 1 is 1.03 bits per heavy atom. The van der Waals surface area contributed by atoms with Crippen molar-refractivity contribution in [2.45, 2.75) is 13.8 Å². The maximum absolute atomic E-state index is 14.0. The van der Waals surface area contributed by atoms with E-state index in [0.717, 1.165) is 11.0 Å². The largest absolute Gasteiger partial charge is 0.494 e. The fourth-order valence-corrected chi connectivity index (χ4v) is 2.83. The number of rotatable bonds is 6. The molecule has 0 bridgehead atoms. The number of halogens is 1. The molecule has 0 spiro atoms. The maximum Gasteiger partial charge on any atom is 0.336 e. The SMILES string of the molecule is CCOc1ccc(OCC)c(N2C(=O)NC(=O)/C(=C\c3ccccc3F)C2=O)c1. The number of hydrogen-bond donors (Lipinski definition) is 1. The molecule has 0 aromatic heterocycles. The van der Waals surface area contributed by atoms with Crippen molar-refractivity contribution in [2.24, 2.45) is 0 Å². The molecular weight excluding hydrogens is 379 g/mol. The highest BCUT2D eigenvalue weighted by Crippen LogP contribution is 2.35. The highest BCUT2D eigenvalue weighted by atomic mass is 19.1. The lowest BCUT2D eigenvalue weighted by Crippen LogP contribution is -2.54. The molecule has 1 aliphatic rings. The van der Waals surface area contributed by atoms with Gasteiger partial charge in [0.1, 0.15) is 22.9 Å². The molecule has 0 aliphatic carbocycles. The van der Waals surface area contributed by atoms with Crippen molar-refractivity contribution in [3.8, 4) is 11.5 Å². The number of barbiturate groups is 1. The van der Waals surface area contributed by atoms with Gasteiger partial charge in [0.25, 0.3) is 11.8 Å². The molecule has 0 saturated carbocycles. The van der Waals surface area contributed by atoms with Crippen LogP contribution in [0.15, 0.2) is 48.0 Å². The van der Waals surface area contributed by atoms with E-state index in [1.54, 1.807) is 32.0 Å². The van der Waals surface area contributed by atoms with Crippen molar-refractivity contribution in [3.63, 3.8) is 0 Å². The van der Waals surface area contributed by atoms with Gasteiger partial charge in [0.05, 0.1) is 18.9 Å². The minimum atomic E-state index is -0.930. The van der Waals surface area contributed by atoms with Gasteiger partial charge in [-0.25, -0.2) is 14.1 Å². The first-order valence-electron chi connectivity index (χ1n) is 9.01. The predicted octanol–water partition coefficient (Wildman–Crippen LogP) is 3.29. The molecule has 150 valence electrons. The van der Waals surface area contributed by atoms with E-state index in [4.69, 9.17) is 9.47 Å². The molecule has 0 unspecified atom stereocenters. The van der Waals surface area contributed by atoms with Gasteiger partial charge in [0.2, 0.25) is 0 Å². The summed E-state index contributed by atoms with van der Waals surface area (Å²) in [6.45, 7) is 4.22. The number of hydrogen-bond acceptors (Lipinski definition) is 5. The highest BCUT2D eigenvalue weighted by molar-refractivity contribution is 6.39. The third-order valence-electron chi connectivity index (χ3n) is 4.09. The number of imide groups is 2. The molecule has 1 heterocycles. The van der Waals surface area contributed by atoms with Crippen molar-refractivity contribution in [2.75, 3.05) is 18.1 Å². The van der Waals surface area contributed by atoms with E-state index in [0.29, 0.717) is 19.0 Å². The van der Waals surface area contributed by atoms with Gasteiger partial charge in [-0.05, 0) is 38.1 Å². The quantitative estimate of drug-likeness (QED) is 0.596. The van der Waals surface area contributed by atoms with Gasteiger partial charge in [-0.15, -0.1) is 0 Å². The summed E-state index contributed by atoms with van der Waals surface area (Å²) >= 11 is 0. The van der Waals surface area contributed by atoms with E-state index >= 15 is 0 Å². The summed E-state index contributed by atoms with van der Waals surface area (Å²) < 4.78 is 25.0. The third kappa shape index (κ3) is 4.11. The molecule has 8 heteroatoms. The van der Waals surface area contributed by atoms with Crippen LogP contribution in [0.2, 0.25) is 0 Å². The summed E-state index contributed by atoms with van der Waals surface area (Å²) in [5, 5.41) is 2.11. The number of amides is 4. The Labute approximate surface area is 166 Å². The summed E-state index contributed by atoms with van der Waals surface area (Å²) in [6, 6.07) is 9.45. The molecule has 3 rings (SSSR count). The summed E-state index contributed by atoms with van der Waals surface area (Å²) in [5.74, 6) is -1.71. The maximum atomic E-state index is 14.0. The molecule has 1 fully saturated rings. The molecule has 0 radical (unpaired) electrons. The second-order valence-electron chi connectivity index (χ2n) is 5.97. The van der Waals surface area contributed by atoms with Crippen LogP contribution in [0.25, 0.3) is 6.08 Å². The van der Waals surface area contributed by atoms with Crippen LogP contribution in [-0.4, -0.2) is 31.1 Å². The van der Waals surface area contributed by atoms with E-state index in [2.05, 4.69) is 5.32 Å². The van der Waals surface area contributed by atoms with Crippen molar-refractivity contribution >= 4 is 29.6 Å². The van der Waals surface area contributed by atoms with Gasteiger partial charge >= 0.3 is 6.03 Å². The summed E-state index contributed by atoms with van der Waals surface area (Å²) in [5.41, 5.74) is -0.209. The van der Waals surface area contributed by atoms with Crippen LogP contribution in [0.4, 0.5) is 14.9 Å². The van der Waals surface area contributed by atoms with E-state index in [1.807, 2.05) is 0 Å². The first kappa shape index (κ1) is 20.1. The van der Waals surface area contributed by atoms with Crippen LogP contribution in [0.5, 0.6) is 11.5 Å². The van der Waals surface area contributed by atoms with Crippen LogP contribution in [-0.2, 0) is 9.59 Å². The lowest BCUT2D eigenvalue weighted by atomic mass is 10.1. The lowest BCUT2D eigenvalue weighted by molar-refractivity contribution is -0.122. The molecular formula is C21H19FN2O5. The average molecular weight is 398 g/mol. The molecule has 4 amide bonds. The minimum absolute atomic E-state index is 0.0494. The van der Waals surface area contributed by atoms with E-state index < -0.39 is 23.7 Å². The van der Waals surface area contributed by atoms with E-state index in [9.17, 15) is 18.8 Å². The van der Waals surface area contributed by atoms with Crippen molar-refractivity contribution in [3.05, 3.63) is 59.4 Å².